The van der Waals surface area contributed by atoms with Crippen molar-refractivity contribution in [1.29, 1.82) is 0 Å². The van der Waals surface area contributed by atoms with Crippen molar-refractivity contribution in [2.75, 3.05) is 65.6 Å². The Bertz CT molecular complexity index is 891. The molecule has 2 saturated heterocycles. The summed E-state index contributed by atoms with van der Waals surface area (Å²) in [5.41, 5.74) is 0.491. The molecule has 0 radical (unpaired) electrons. The van der Waals surface area contributed by atoms with E-state index in [1.54, 1.807) is 18.2 Å². The second kappa shape index (κ2) is 17.1. The summed E-state index contributed by atoms with van der Waals surface area (Å²) in [6.45, 7) is 3.43. The number of urea groups is 1. The number of carbonyl (C=O) groups excluding carboxylic acids is 3. The molecule has 38 heavy (non-hydrogen) atoms. The smallest absolute Gasteiger partial charge is 0.315 e. The topological polar surface area (TPSA) is 136 Å². The van der Waals surface area contributed by atoms with Crippen LogP contribution in [0.2, 0.25) is 0 Å². The van der Waals surface area contributed by atoms with Gasteiger partial charge in [-0.15, -0.1) is 0 Å². The van der Waals surface area contributed by atoms with Crippen LogP contribution in [-0.2, 0) is 19.0 Å². The quantitative estimate of drug-likeness (QED) is 0.149. The molecular weight excluding hydrogens is 512 g/mol. The van der Waals surface area contributed by atoms with Crippen LogP contribution in [0.3, 0.4) is 0 Å². The third-order valence-electron chi connectivity index (χ3n) is 6.28. The summed E-state index contributed by atoms with van der Waals surface area (Å²) >= 11 is 1.90. The number of hydrogen-bond donors (Lipinski definition) is 4. The van der Waals surface area contributed by atoms with Crippen LogP contribution in [0.4, 0.5) is 4.79 Å². The number of ether oxygens (including phenoxy) is 4. The SMILES string of the molecule is COc1ccccc1C(=O)NCCOCCOCCOCCNC(=O)CCCCC1SCC2NC(=O)NC21. The lowest BCUT2D eigenvalue weighted by Crippen LogP contribution is -2.36. The molecule has 4 N–H and O–H groups in total. The molecule has 2 aliphatic heterocycles. The van der Waals surface area contributed by atoms with E-state index in [1.165, 1.54) is 7.11 Å². The largest absolute Gasteiger partial charge is 0.496 e. The summed E-state index contributed by atoms with van der Waals surface area (Å²) in [5.74, 6) is 1.33. The summed E-state index contributed by atoms with van der Waals surface area (Å²) in [7, 11) is 1.53. The van der Waals surface area contributed by atoms with Gasteiger partial charge in [0.2, 0.25) is 5.91 Å². The highest BCUT2D eigenvalue weighted by molar-refractivity contribution is 8.00. The van der Waals surface area contributed by atoms with Crippen molar-refractivity contribution < 1.29 is 33.3 Å². The molecule has 2 aliphatic rings. The molecule has 2 heterocycles. The molecule has 1 aromatic carbocycles. The highest BCUT2D eigenvalue weighted by Gasteiger charge is 2.42. The number of benzene rings is 1. The van der Waals surface area contributed by atoms with Crippen LogP contribution in [0.25, 0.3) is 0 Å². The minimum atomic E-state index is -0.202. The maximum absolute atomic E-state index is 12.2. The minimum absolute atomic E-state index is 0.0360. The molecule has 3 rings (SSSR count). The minimum Gasteiger partial charge on any atom is -0.496 e. The van der Waals surface area contributed by atoms with Crippen molar-refractivity contribution in [3.8, 4) is 5.75 Å². The number of fused-ring (bicyclic) bond motifs is 1. The van der Waals surface area contributed by atoms with Crippen LogP contribution >= 0.6 is 11.8 Å². The van der Waals surface area contributed by atoms with Crippen molar-refractivity contribution in [3.05, 3.63) is 29.8 Å². The van der Waals surface area contributed by atoms with Crippen LogP contribution in [0, 0.1) is 0 Å². The van der Waals surface area contributed by atoms with Crippen molar-refractivity contribution >= 4 is 29.6 Å². The Morgan fingerprint density at radius 3 is 2.37 bits per heavy atom. The number of thioether (sulfide) groups is 1. The predicted octanol–water partition coefficient (Wildman–Crippen LogP) is 1.32. The molecule has 212 valence electrons. The van der Waals surface area contributed by atoms with Crippen molar-refractivity contribution in [2.45, 2.75) is 43.0 Å². The summed E-state index contributed by atoms with van der Waals surface area (Å²) in [5, 5.41) is 12.0. The fraction of sp³-hybridized carbons (Fsp3) is 0.654. The van der Waals surface area contributed by atoms with Gasteiger partial charge < -0.3 is 40.2 Å². The first-order valence-electron chi connectivity index (χ1n) is 13.2. The molecule has 1 aromatic rings. The fourth-order valence-electron chi connectivity index (χ4n) is 4.33. The van der Waals surface area contributed by atoms with E-state index in [4.69, 9.17) is 18.9 Å². The van der Waals surface area contributed by atoms with Gasteiger partial charge in [-0.3, -0.25) is 9.59 Å². The normalized spacial score (nSPS) is 19.9. The molecule has 0 aliphatic carbocycles. The lowest BCUT2D eigenvalue weighted by molar-refractivity contribution is -0.121. The van der Waals surface area contributed by atoms with Gasteiger partial charge in [0.15, 0.2) is 0 Å². The van der Waals surface area contributed by atoms with E-state index in [2.05, 4.69) is 21.3 Å². The second-order valence-electron chi connectivity index (χ2n) is 9.01. The molecule has 12 heteroatoms. The number of rotatable bonds is 19. The van der Waals surface area contributed by atoms with Crippen LogP contribution in [0.5, 0.6) is 5.75 Å². The van der Waals surface area contributed by atoms with Gasteiger partial charge in [-0.25, -0.2) is 4.79 Å². The summed E-state index contributed by atoms with van der Waals surface area (Å²) in [6.07, 6.45) is 3.32. The number of hydrogen-bond acceptors (Lipinski definition) is 8. The van der Waals surface area contributed by atoms with Gasteiger partial charge in [0.1, 0.15) is 5.75 Å². The van der Waals surface area contributed by atoms with Crippen LogP contribution in [0.15, 0.2) is 24.3 Å². The highest BCUT2D eigenvalue weighted by Crippen LogP contribution is 2.33. The number of amides is 4. The molecule has 0 bridgehead atoms. The zero-order chi connectivity index (χ0) is 27.0. The Kier molecular flexibility index (Phi) is 13.5. The Hall–Kier alpha value is -2.54. The molecule has 2 fully saturated rings. The van der Waals surface area contributed by atoms with E-state index in [1.807, 2.05) is 17.8 Å². The number of carbonyl (C=O) groups is 3. The van der Waals surface area contributed by atoms with E-state index in [0.717, 1.165) is 25.0 Å². The zero-order valence-electron chi connectivity index (χ0n) is 22.0. The Labute approximate surface area is 228 Å². The number of para-hydroxylation sites is 1. The van der Waals surface area contributed by atoms with Gasteiger partial charge >= 0.3 is 6.03 Å². The predicted molar refractivity (Wildman–Crippen MR) is 145 cm³/mol. The number of unbranched alkanes of at least 4 members (excludes halogenated alkanes) is 1. The van der Waals surface area contributed by atoms with Crippen LogP contribution in [0.1, 0.15) is 36.0 Å². The monoisotopic (exact) mass is 552 g/mol. The van der Waals surface area contributed by atoms with Crippen molar-refractivity contribution in [2.24, 2.45) is 0 Å². The first-order valence-corrected chi connectivity index (χ1v) is 14.2. The third kappa shape index (κ3) is 10.3. The second-order valence-corrected chi connectivity index (χ2v) is 10.3. The molecule has 11 nitrogen and oxygen atoms in total. The molecule has 4 amide bonds. The van der Waals surface area contributed by atoms with E-state index >= 15 is 0 Å². The molecule has 0 spiro atoms. The van der Waals surface area contributed by atoms with E-state index in [0.29, 0.717) is 75.7 Å². The Morgan fingerprint density at radius 1 is 0.947 bits per heavy atom. The van der Waals surface area contributed by atoms with E-state index in [9.17, 15) is 14.4 Å². The zero-order valence-corrected chi connectivity index (χ0v) is 22.8. The van der Waals surface area contributed by atoms with Gasteiger partial charge in [-0.05, 0) is 25.0 Å². The first kappa shape index (κ1) is 30.0. The van der Waals surface area contributed by atoms with Crippen LogP contribution < -0.4 is 26.0 Å². The van der Waals surface area contributed by atoms with Gasteiger partial charge in [-0.2, -0.15) is 11.8 Å². The number of methoxy groups -OCH3 is 1. The summed E-state index contributed by atoms with van der Waals surface area (Å²) in [6, 6.07) is 7.46. The average molecular weight is 553 g/mol. The lowest BCUT2D eigenvalue weighted by Gasteiger charge is -2.16. The summed E-state index contributed by atoms with van der Waals surface area (Å²) < 4.78 is 21.6. The number of nitrogens with one attached hydrogen (secondary N) is 4. The van der Waals surface area contributed by atoms with Crippen molar-refractivity contribution in [3.63, 3.8) is 0 Å². The average Bonchev–Trinajstić information content (AvgIpc) is 3.48. The summed E-state index contributed by atoms with van der Waals surface area (Å²) in [4.78, 5) is 35.6. The third-order valence-corrected chi connectivity index (χ3v) is 7.79. The Balaban J connectivity index is 1.05. The Morgan fingerprint density at radius 2 is 1.63 bits per heavy atom. The van der Waals surface area contributed by atoms with Crippen LogP contribution in [-0.4, -0.2) is 101 Å². The van der Waals surface area contributed by atoms with E-state index < -0.39 is 0 Å². The fourth-order valence-corrected chi connectivity index (χ4v) is 5.87. The lowest BCUT2D eigenvalue weighted by atomic mass is 10.0. The molecule has 3 unspecified atom stereocenters. The van der Waals surface area contributed by atoms with Gasteiger partial charge in [0, 0.05) is 30.5 Å². The van der Waals surface area contributed by atoms with Gasteiger partial charge in [0.25, 0.3) is 5.91 Å². The molecular formula is C26H40N4O7S. The maximum Gasteiger partial charge on any atom is 0.315 e. The van der Waals surface area contributed by atoms with E-state index in [-0.39, 0.29) is 29.9 Å². The maximum atomic E-state index is 12.2. The molecule has 0 saturated carbocycles. The molecule has 3 atom stereocenters. The van der Waals surface area contributed by atoms with Gasteiger partial charge in [0.05, 0.1) is 64.4 Å². The van der Waals surface area contributed by atoms with Gasteiger partial charge in [-0.1, -0.05) is 18.6 Å². The standard InChI is InChI=1S/C26H40N4O7S/c1-34-21-7-3-2-6-19(21)25(32)28-11-13-36-15-17-37-16-14-35-12-10-27-23(31)9-5-4-8-22-24-20(18-38-22)29-26(33)30-24/h2-3,6-7,20,22,24H,4-5,8-18H2,1H3,(H,27,31)(H,28,32)(H2,29,30,33). The van der Waals surface area contributed by atoms with Crippen molar-refractivity contribution in [1.82, 2.24) is 21.3 Å². The molecule has 0 aromatic heterocycles. The first-order chi connectivity index (χ1) is 18.6. The highest BCUT2D eigenvalue weighted by atomic mass is 32.2.